The molecule has 3 atom stereocenters. The third-order valence-electron chi connectivity index (χ3n) is 6.61. The van der Waals surface area contributed by atoms with Gasteiger partial charge >= 0.3 is 0 Å². The first-order chi connectivity index (χ1) is 16.5. The molecule has 0 radical (unpaired) electrons. The highest BCUT2D eigenvalue weighted by atomic mass is 16.5. The lowest BCUT2D eigenvalue weighted by molar-refractivity contribution is -0.140. The number of hydrogen-bond donors (Lipinski definition) is 1. The highest BCUT2D eigenvalue weighted by Gasteiger charge is 2.46. The molecule has 3 amide bonds. The lowest BCUT2D eigenvalue weighted by atomic mass is 9.85. The minimum Gasteiger partial charge on any atom is -0.497 e. The van der Waals surface area contributed by atoms with E-state index in [1.165, 1.54) is 4.90 Å². The number of carbonyl (C=O) groups is 3. The zero-order chi connectivity index (χ0) is 24.1. The molecule has 1 heterocycles. The van der Waals surface area contributed by atoms with Crippen LogP contribution in [-0.4, -0.2) is 43.4 Å². The van der Waals surface area contributed by atoms with E-state index in [1.807, 2.05) is 60.7 Å². The van der Waals surface area contributed by atoms with Crippen LogP contribution in [0, 0.1) is 11.8 Å². The lowest BCUT2D eigenvalue weighted by Gasteiger charge is -2.21. The molecule has 2 aromatic rings. The molecule has 0 spiro atoms. The Balaban J connectivity index is 1.42. The van der Waals surface area contributed by atoms with Gasteiger partial charge in [0.25, 0.3) is 0 Å². The predicted molar refractivity (Wildman–Crippen MR) is 127 cm³/mol. The van der Waals surface area contributed by atoms with Crippen LogP contribution in [0.15, 0.2) is 60.7 Å². The number of hydrogen-bond acceptors (Lipinski definition) is 5. The van der Waals surface area contributed by atoms with Crippen LogP contribution >= 0.6 is 0 Å². The summed E-state index contributed by atoms with van der Waals surface area (Å²) in [4.78, 5) is 39.5. The molecule has 34 heavy (non-hydrogen) atoms. The number of nitrogens with one attached hydrogen (secondary N) is 1. The van der Waals surface area contributed by atoms with Gasteiger partial charge in [-0.3, -0.25) is 19.3 Å². The first-order valence-electron chi connectivity index (χ1n) is 11.6. The van der Waals surface area contributed by atoms with Crippen molar-refractivity contribution in [3.63, 3.8) is 0 Å². The van der Waals surface area contributed by atoms with Crippen LogP contribution in [0.4, 0.5) is 0 Å². The Morgan fingerprint density at radius 3 is 1.97 bits per heavy atom. The largest absolute Gasteiger partial charge is 0.497 e. The normalized spacial score (nSPS) is 20.1. The summed E-state index contributed by atoms with van der Waals surface area (Å²) in [6.07, 6.45) is 5.76. The molecule has 0 aromatic heterocycles. The Bertz CT molecular complexity index is 1040. The van der Waals surface area contributed by atoms with Gasteiger partial charge in [-0.15, -0.1) is 0 Å². The van der Waals surface area contributed by atoms with Crippen LogP contribution in [0.2, 0.25) is 0 Å². The molecular weight excluding hydrogens is 432 g/mol. The van der Waals surface area contributed by atoms with Crippen molar-refractivity contribution in [3.8, 4) is 11.5 Å². The van der Waals surface area contributed by atoms with E-state index in [9.17, 15) is 14.4 Å². The van der Waals surface area contributed by atoms with Crippen molar-refractivity contribution in [2.75, 3.05) is 20.8 Å². The standard InChI is InChI=1S/C27H30N2O5/c1-33-20-11-7-18(8-12-20)17-24(19-9-13-21(34-2)14-10-19)28-25(30)15-16-29-26(31)22-5-3-4-6-23(22)27(29)32/h3-4,7-14,22-24H,5-6,15-17H2,1-2H3,(H,28,30). The smallest absolute Gasteiger partial charge is 0.233 e. The van der Waals surface area contributed by atoms with Gasteiger partial charge < -0.3 is 14.8 Å². The molecule has 2 aliphatic rings. The van der Waals surface area contributed by atoms with Gasteiger partial charge in [0.2, 0.25) is 17.7 Å². The number of likely N-dealkylation sites (tertiary alicyclic amines) is 1. The van der Waals surface area contributed by atoms with Crippen LogP contribution < -0.4 is 14.8 Å². The zero-order valence-corrected chi connectivity index (χ0v) is 19.5. The van der Waals surface area contributed by atoms with Crippen molar-refractivity contribution in [2.45, 2.75) is 31.7 Å². The third-order valence-corrected chi connectivity index (χ3v) is 6.61. The molecule has 0 saturated carbocycles. The molecule has 178 valence electrons. The van der Waals surface area contributed by atoms with Crippen molar-refractivity contribution in [3.05, 3.63) is 71.8 Å². The number of imide groups is 1. The van der Waals surface area contributed by atoms with Crippen molar-refractivity contribution >= 4 is 17.7 Å². The SMILES string of the molecule is COc1ccc(CC(NC(=O)CCN2C(=O)C3CC=CCC3C2=O)c2ccc(OC)cc2)cc1. The molecule has 7 nitrogen and oxygen atoms in total. The fraction of sp³-hybridized carbons (Fsp3) is 0.370. The van der Waals surface area contributed by atoms with Crippen molar-refractivity contribution < 1.29 is 23.9 Å². The highest BCUT2D eigenvalue weighted by Crippen LogP contribution is 2.35. The van der Waals surface area contributed by atoms with Crippen molar-refractivity contribution in [1.29, 1.82) is 0 Å². The number of rotatable bonds is 9. The molecule has 0 bridgehead atoms. The molecule has 7 heteroatoms. The maximum Gasteiger partial charge on any atom is 0.233 e. The van der Waals surface area contributed by atoms with Gasteiger partial charge in [0, 0.05) is 13.0 Å². The van der Waals surface area contributed by atoms with Crippen LogP contribution in [0.25, 0.3) is 0 Å². The minimum atomic E-state index is -0.275. The summed E-state index contributed by atoms with van der Waals surface area (Å²) in [6.45, 7) is 0.106. The fourth-order valence-corrected chi connectivity index (χ4v) is 4.65. The molecule has 1 aliphatic carbocycles. The second-order valence-electron chi connectivity index (χ2n) is 8.68. The first-order valence-corrected chi connectivity index (χ1v) is 11.6. The Hall–Kier alpha value is -3.61. The summed E-state index contributed by atoms with van der Waals surface area (Å²) in [5.74, 6) is 0.437. The van der Waals surface area contributed by atoms with E-state index in [0.29, 0.717) is 19.3 Å². The first kappa shape index (κ1) is 23.5. The minimum absolute atomic E-state index is 0.0691. The van der Waals surface area contributed by atoms with Gasteiger partial charge in [0.1, 0.15) is 11.5 Å². The molecule has 2 aromatic carbocycles. The Morgan fingerprint density at radius 1 is 0.912 bits per heavy atom. The second-order valence-corrected chi connectivity index (χ2v) is 8.68. The number of ether oxygens (including phenoxy) is 2. The highest BCUT2D eigenvalue weighted by molar-refractivity contribution is 6.05. The van der Waals surface area contributed by atoms with Crippen LogP contribution in [0.3, 0.4) is 0 Å². The average Bonchev–Trinajstić information content (AvgIpc) is 3.12. The van der Waals surface area contributed by atoms with Crippen LogP contribution in [0.5, 0.6) is 11.5 Å². The number of carbonyl (C=O) groups excluding carboxylic acids is 3. The van der Waals surface area contributed by atoms with Gasteiger partial charge in [0.15, 0.2) is 0 Å². The molecule has 1 saturated heterocycles. The van der Waals surface area contributed by atoms with Crippen LogP contribution in [0.1, 0.15) is 36.4 Å². The molecular formula is C27H30N2O5. The molecule has 4 rings (SSSR count). The topological polar surface area (TPSA) is 84.9 Å². The van der Waals surface area contributed by atoms with Gasteiger partial charge in [-0.05, 0) is 54.7 Å². The van der Waals surface area contributed by atoms with Crippen LogP contribution in [-0.2, 0) is 20.8 Å². The lowest BCUT2D eigenvalue weighted by Crippen LogP contribution is -2.37. The Kier molecular flexibility index (Phi) is 7.30. The van der Waals surface area contributed by atoms with E-state index < -0.39 is 0 Å². The molecule has 1 N–H and O–H groups in total. The number of amides is 3. The number of nitrogens with zero attached hydrogens (tertiary/aromatic N) is 1. The summed E-state index contributed by atoms with van der Waals surface area (Å²) in [5, 5.41) is 3.09. The summed E-state index contributed by atoms with van der Waals surface area (Å²) < 4.78 is 10.5. The van der Waals surface area contributed by atoms with Gasteiger partial charge in [-0.1, -0.05) is 36.4 Å². The predicted octanol–water partition coefficient (Wildman–Crippen LogP) is 3.45. The fourth-order valence-electron chi connectivity index (χ4n) is 4.65. The van der Waals surface area contributed by atoms with E-state index in [4.69, 9.17) is 9.47 Å². The second kappa shape index (κ2) is 10.5. The van der Waals surface area contributed by atoms with E-state index in [-0.39, 0.29) is 48.6 Å². The number of fused-ring (bicyclic) bond motifs is 1. The number of benzene rings is 2. The quantitative estimate of drug-likeness (QED) is 0.456. The third kappa shape index (κ3) is 5.14. The number of methoxy groups -OCH3 is 2. The Labute approximate surface area is 199 Å². The monoisotopic (exact) mass is 462 g/mol. The summed E-state index contributed by atoms with van der Waals surface area (Å²) in [6, 6.07) is 15.0. The van der Waals surface area contributed by atoms with Gasteiger partial charge in [-0.2, -0.15) is 0 Å². The number of allylic oxidation sites excluding steroid dienone is 2. The molecule has 1 fully saturated rings. The summed E-state index contributed by atoms with van der Waals surface area (Å²) in [7, 11) is 3.23. The maximum atomic E-state index is 12.9. The molecule has 1 aliphatic heterocycles. The van der Waals surface area contributed by atoms with Gasteiger partial charge in [-0.25, -0.2) is 0 Å². The van der Waals surface area contributed by atoms with Crippen molar-refractivity contribution in [1.82, 2.24) is 10.2 Å². The van der Waals surface area contributed by atoms with Crippen molar-refractivity contribution in [2.24, 2.45) is 11.8 Å². The van der Waals surface area contributed by atoms with E-state index >= 15 is 0 Å². The molecule has 3 unspecified atom stereocenters. The van der Waals surface area contributed by atoms with E-state index in [1.54, 1.807) is 14.2 Å². The van der Waals surface area contributed by atoms with Gasteiger partial charge in [0.05, 0.1) is 32.1 Å². The Morgan fingerprint density at radius 2 is 1.44 bits per heavy atom. The van der Waals surface area contributed by atoms with E-state index in [0.717, 1.165) is 22.6 Å². The maximum absolute atomic E-state index is 12.9. The summed E-state index contributed by atoms with van der Waals surface area (Å²) in [5.41, 5.74) is 1.98. The zero-order valence-electron chi connectivity index (χ0n) is 19.5. The average molecular weight is 463 g/mol. The summed E-state index contributed by atoms with van der Waals surface area (Å²) >= 11 is 0. The van der Waals surface area contributed by atoms with E-state index in [2.05, 4.69) is 5.32 Å².